The molecule has 0 saturated carbocycles. The summed E-state index contributed by atoms with van der Waals surface area (Å²) in [6.07, 6.45) is 0.728. The molecule has 1 amide bonds. The maximum atomic E-state index is 12.3. The van der Waals surface area contributed by atoms with E-state index in [-0.39, 0.29) is 25.7 Å². The van der Waals surface area contributed by atoms with E-state index in [1.54, 1.807) is 24.3 Å². The fourth-order valence-electron chi connectivity index (χ4n) is 2.53. The number of aliphatic hydroxyl groups excluding tert-OH is 1. The minimum atomic E-state index is -0.206. The lowest BCUT2D eigenvalue weighted by Crippen LogP contribution is -2.28. The Morgan fingerprint density at radius 2 is 1.72 bits per heavy atom. The average Bonchev–Trinajstić information content (AvgIpc) is 3.16. The molecular weight excluding hydrogens is 320 g/mol. The van der Waals surface area contributed by atoms with Gasteiger partial charge in [0.1, 0.15) is 6.61 Å². The molecule has 0 unspecified atom stereocenters. The number of hydrogen-bond donors (Lipinski definition) is 1. The number of carbonyl (C=O) groups is 1. The van der Waals surface area contributed by atoms with E-state index < -0.39 is 0 Å². The second-order valence-corrected chi connectivity index (χ2v) is 5.49. The smallest absolute Gasteiger partial charge is 0.280 e. The highest BCUT2D eigenvalue weighted by atomic mass is 16.5. The molecule has 0 aromatic heterocycles. The molecule has 6 nitrogen and oxygen atoms in total. The van der Waals surface area contributed by atoms with Crippen LogP contribution in [0.15, 0.2) is 59.7 Å². The Morgan fingerprint density at radius 3 is 2.44 bits per heavy atom. The number of ether oxygens (including phenoxy) is 2. The van der Waals surface area contributed by atoms with Crippen molar-refractivity contribution in [1.29, 1.82) is 0 Å². The molecule has 6 heteroatoms. The summed E-state index contributed by atoms with van der Waals surface area (Å²) in [4.78, 5) is 12.3. The quantitative estimate of drug-likeness (QED) is 0.838. The molecular formula is C19H20N2O4. The normalized spacial score (nSPS) is 13.5. The molecule has 1 N–H and O–H groups in total. The predicted octanol–water partition coefficient (Wildman–Crippen LogP) is 2.07. The number of nitrogens with zero attached hydrogens (tertiary/aromatic N) is 2. The van der Waals surface area contributed by atoms with Gasteiger partial charge in [0, 0.05) is 6.42 Å². The highest BCUT2D eigenvalue weighted by Gasteiger charge is 2.22. The molecule has 2 aromatic carbocycles. The number of amides is 1. The van der Waals surface area contributed by atoms with E-state index in [4.69, 9.17) is 14.6 Å². The van der Waals surface area contributed by atoms with Crippen LogP contribution in [-0.2, 0) is 4.79 Å². The predicted molar refractivity (Wildman–Crippen MR) is 93.8 cm³/mol. The number of rotatable bonds is 7. The van der Waals surface area contributed by atoms with Gasteiger partial charge in [-0.05, 0) is 17.7 Å². The maximum Gasteiger partial charge on any atom is 0.280 e. The molecule has 0 atom stereocenters. The number of para-hydroxylation sites is 2. The minimum absolute atomic E-state index is 0.0853. The zero-order valence-electron chi connectivity index (χ0n) is 13.8. The zero-order chi connectivity index (χ0) is 17.5. The van der Waals surface area contributed by atoms with Crippen LogP contribution in [0.25, 0.3) is 0 Å². The van der Waals surface area contributed by atoms with Crippen molar-refractivity contribution in [3.05, 3.63) is 60.2 Å². The van der Waals surface area contributed by atoms with Crippen LogP contribution in [0.1, 0.15) is 12.0 Å². The second kappa shape index (κ2) is 8.30. The van der Waals surface area contributed by atoms with Gasteiger partial charge in [0.05, 0.1) is 18.9 Å². The van der Waals surface area contributed by atoms with Crippen LogP contribution < -0.4 is 9.47 Å². The van der Waals surface area contributed by atoms with Gasteiger partial charge in [0.15, 0.2) is 18.1 Å². The Labute approximate surface area is 146 Å². The second-order valence-electron chi connectivity index (χ2n) is 5.49. The third kappa shape index (κ3) is 4.36. The largest absolute Gasteiger partial charge is 0.487 e. The Morgan fingerprint density at radius 1 is 1.04 bits per heavy atom. The van der Waals surface area contributed by atoms with Crippen molar-refractivity contribution in [2.24, 2.45) is 5.10 Å². The highest BCUT2D eigenvalue weighted by molar-refractivity contribution is 6.02. The van der Waals surface area contributed by atoms with Gasteiger partial charge < -0.3 is 14.6 Å². The van der Waals surface area contributed by atoms with Crippen LogP contribution >= 0.6 is 0 Å². The van der Waals surface area contributed by atoms with Crippen molar-refractivity contribution in [1.82, 2.24) is 5.01 Å². The fourth-order valence-corrected chi connectivity index (χ4v) is 2.53. The molecule has 0 aliphatic carbocycles. The van der Waals surface area contributed by atoms with Gasteiger partial charge in [-0.25, -0.2) is 5.01 Å². The van der Waals surface area contributed by atoms with Gasteiger partial charge in [0.2, 0.25) is 0 Å². The van der Waals surface area contributed by atoms with Crippen LogP contribution in [0, 0.1) is 0 Å². The fraction of sp³-hybridized carbons (Fsp3) is 0.263. The van der Waals surface area contributed by atoms with Gasteiger partial charge >= 0.3 is 0 Å². The standard InChI is InChI=1S/C19H20N2O4/c22-12-13-24-17-8-4-5-9-18(17)25-14-19(23)21-11-10-16(20-21)15-6-2-1-3-7-15/h1-9,22H,10-14H2. The summed E-state index contributed by atoms with van der Waals surface area (Å²) in [5.41, 5.74) is 1.93. The van der Waals surface area contributed by atoms with Crippen molar-refractivity contribution in [3.8, 4) is 11.5 Å². The van der Waals surface area contributed by atoms with Crippen LogP contribution in [-0.4, -0.2) is 48.1 Å². The van der Waals surface area contributed by atoms with Crippen LogP contribution in [0.5, 0.6) is 11.5 Å². The highest BCUT2D eigenvalue weighted by Crippen LogP contribution is 2.26. The van der Waals surface area contributed by atoms with Crippen LogP contribution in [0.3, 0.4) is 0 Å². The van der Waals surface area contributed by atoms with Crippen molar-refractivity contribution < 1.29 is 19.4 Å². The van der Waals surface area contributed by atoms with Gasteiger partial charge in [-0.2, -0.15) is 5.10 Å². The van der Waals surface area contributed by atoms with Crippen molar-refractivity contribution >= 4 is 11.6 Å². The first-order valence-corrected chi connectivity index (χ1v) is 8.16. The Bertz CT molecular complexity index is 746. The molecule has 0 spiro atoms. The first-order chi connectivity index (χ1) is 12.3. The molecule has 0 saturated heterocycles. The summed E-state index contributed by atoms with van der Waals surface area (Å²) in [7, 11) is 0. The first-order valence-electron chi connectivity index (χ1n) is 8.16. The number of benzene rings is 2. The van der Waals surface area contributed by atoms with E-state index in [2.05, 4.69) is 5.10 Å². The number of aliphatic hydroxyl groups is 1. The number of carbonyl (C=O) groups excluding carboxylic acids is 1. The SMILES string of the molecule is O=C(COc1ccccc1OCCO)N1CCC(c2ccccc2)=N1. The molecule has 130 valence electrons. The van der Waals surface area contributed by atoms with Crippen LogP contribution in [0.2, 0.25) is 0 Å². The molecule has 1 aliphatic rings. The average molecular weight is 340 g/mol. The van der Waals surface area contributed by atoms with E-state index in [0.717, 1.165) is 17.7 Å². The lowest BCUT2D eigenvalue weighted by Gasteiger charge is -2.14. The van der Waals surface area contributed by atoms with Crippen LogP contribution in [0.4, 0.5) is 0 Å². The Hall–Kier alpha value is -2.86. The molecule has 1 aliphatic heterocycles. The van der Waals surface area contributed by atoms with Crippen molar-refractivity contribution in [2.75, 3.05) is 26.4 Å². The molecule has 1 heterocycles. The summed E-state index contributed by atoms with van der Waals surface area (Å²) >= 11 is 0. The molecule has 2 aromatic rings. The van der Waals surface area contributed by atoms with E-state index in [0.29, 0.717) is 18.0 Å². The van der Waals surface area contributed by atoms with Gasteiger partial charge in [-0.15, -0.1) is 0 Å². The van der Waals surface area contributed by atoms with E-state index >= 15 is 0 Å². The van der Waals surface area contributed by atoms with E-state index in [9.17, 15) is 4.79 Å². The third-order valence-electron chi connectivity index (χ3n) is 3.75. The summed E-state index contributed by atoms with van der Waals surface area (Å²) in [6.45, 7) is 0.517. The summed E-state index contributed by atoms with van der Waals surface area (Å²) in [5.74, 6) is 0.762. The van der Waals surface area contributed by atoms with E-state index in [1.807, 2.05) is 30.3 Å². The molecule has 3 rings (SSSR count). The minimum Gasteiger partial charge on any atom is -0.487 e. The lowest BCUT2D eigenvalue weighted by molar-refractivity contribution is -0.132. The first kappa shape index (κ1) is 17.0. The van der Waals surface area contributed by atoms with Crippen molar-refractivity contribution in [2.45, 2.75) is 6.42 Å². The monoisotopic (exact) mass is 340 g/mol. The molecule has 0 fully saturated rings. The Balaban J connectivity index is 1.60. The number of hydrogen-bond acceptors (Lipinski definition) is 5. The number of hydrazone groups is 1. The molecule has 0 radical (unpaired) electrons. The summed E-state index contributed by atoms with van der Waals surface area (Å²) in [5, 5.41) is 14.7. The third-order valence-corrected chi connectivity index (χ3v) is 3.75. The lowest BCUT2D eigenvalue weighted by atomic mass is 10.1. The van der Waals surface area contributed by atoms with Gasteiger partial charge in [-0.1, -0.05) is 42.5 Å². The van der Waals surface area contributed by atoms with Gasteiger partial charge in [0.25, 0.3) is 5.91 Å². The topological polar surface area (TPSA) is 71.4 Å². The Kier molecular flexibility index (Phi) is 5.64. The summed E-state index contributed by atoms with van der Waals surface area (Å²) < 4.78 is 11.0. The van der Waals surface area contributed by atoms with Crippen molar-refractivity contribution in [3.63, 3.8) is 0 Å². The summed E-state index contributed by atoms with van der Waals surface area (Å²) in [6, 6.07) is 16.9. The maximum absolute atomic E-state index is 12.3. The van der Waals surface area contributed by atoms with Gasteiger partial charge in [-0.3, -0.25) is 4.79 Å². The zero-order valence-corrected chi connectivity index (χ0v) is 13.8. The van der Waals surface area contributed by atoms with E-state index in [1.165, 1.54) is 5.01 Å². The molecule has 0 bridgehead atoms. The molecule has 25 heavy (non-hydrogen) atoms.